The summed E-state index contributed by atoms with van der Waals surface area (Å²) in [7, 11) is 0. The van der Waals surface area contributed by atoms with Crippen molar-refractivity contribution in [1.82, 2.24) is 14.8 Å². The van der Waals surface area contributed by atoms with E-state index in [1.165, 1.54) is 5.56 Å². The third-order valence-corrected chi connectivity index (χ3v) is 5.93. The van der Waals surface area contributed by atoms with Gasteiger partial charge in [0.05, 0.1) is 16.8 Å². The van der Waals surface area contributed by atoms with E-state index in [2.05, 4.69) is 41.5 Å². The molecule has 0 bridgehead atoms. The Labute approximate surface area is 173 Å². The van der Waals surface area contributed by atoms with Crippen molar-refractivity contribution in [2.24, 2.45) is 0 Å². The molecule has 4 heteroatoms. The number of H-pyrrole nitrogens is 1. The van der Waals surface area contributed by atoms with E-state index in [0.29, 0.717) is 11.0 Å². The zero-order valence-corrected chi connectivity index (χ0v) is 16.3. The van der Waals surface area contributed by atoms with Crippen molar-refractivity contribution >= 4 is 11.0 Å². The molecule has 1 aliphatic rings. The van der Waals surface area contributed by atoms with Gasteiger partial charge in [0.15, 0.2) is 5.65 Å². The fourth-order valence-corrected chi connectivity index (χ4v) is 4.56. The maximum atomic E-state index is 13.5. The lowest BCUT2D eigenvalue weighted by molar-refractivity contribution is 0.858. The van der Waals surface area contributed by atoms with Crippen molar-refractivity contribution in [3.05, 3.63) is 106 Å². The summed E-state index contributed by atoms with van der Waals surface area (Å²) in [5.41, 5.74) is 8.01. The van der Waals surface area contributed by atoms with Crippen LogP contribution in [-0.4, -0.2) is 14.8 Å². The molecular weight excluding hydrogens is 370 g/mol. The highest BCUT2D eigenvalue weighted by molar-refractivity contribution is 5.98. The predicted octanol–water partition coefficient (Wildman–Crippen LogP) is 5.15. The van der Waals surface area contributed by atoms with Crippen molar-refractivity contribution in [2.75, 3.05) is 0 Å². The summed E-state index contributed by atoms with van der Waals surface area (Å²) in [5, 5.41) is 3.92. The quantitative estimate of drug-likeness (QED) is 0.454. The molecule has 3 aromatic carbocycles. The van der Waals surface area contributed by atoms with E-state index in [-0.39, 0.29) is 5.56 Å². The second-order valence-corrected chi connectivity index (χ2v) is 7.65. The van der Waals surface area contributed by atoms with Crippen molar-refractivity contribution < 1.29 is 0 Å². The average Bonchev–Trinajstić information content (AvgIpc) is 3.14. The number of pyridine rings is 1. The first-order valence-corrected chi connectivity index (χ1v) is 10.2. The molecule has 0 fully saturated rings. The van der Waals surface area contributed by atoms with Crippen LogP contribution in [0, 0.1) is 0 Å². The lowest BCUT2D eigenvalue weighted by Gasteiger charge is -2.22. The fraction of sp³-hybridized carbons (Fsp3) is 0.0769. The van der Waals surface area contributed by atoms with Gasteiger partial charge in [-0.3, -0.25) is 9.89 Å². The molecule has 4 nitrogen and oxygen atoms in total. The number of nitrogens with zero attached hydrogens (tertiary/aromatic N) is 2. The average molecular weight is 389 g/mol. The largest absolute Gasteiger partial charge is 0.281 e. The van der Waals surface area contributed by atoms with Gasteiger partial charge in [-0.1, -0.05) is 72.8 Å². The number of aryl methyl sites for hydroxylation is 1. The molecule has 0 spiro atoms. The van der Waals surface area contributed by atoms with Crippen LogP contribution in [-0.2, 0) is 12.8 Å². The molecule has 30 heavy (non-hydrogen) atoms. The van der Waals surface area contributed by atoms with Crippen molar-refractivity contribution in [2.45, 2.75) is 12.8 Å². The van der Waals surface area contributed by atoms with Crippen LogP contribution in [0.25, 0.3) is 39.1 Å². The van der Waals surface area contributed by atoms with Crippen LogP contribution in [0.2, 0.25) is 0 Å². The summed E-state index contributed by atoms with van der Waals surface area (Å²) in [6, 6.07) is 28.3. The van der Waals surface area contributed by atoms with Crippen LogP contribution < -0.4 is 5.56 Å². The second kappa shape index (κ2) is 6.56. The Morgan fingerprint density at radius 2 is 1.50 bits per heavy atom. The number of hydrogen-bond donors (Lipinski definition) is 1. The first-order chi connectivity index (χ1) is 14.8. The standard InChI is InChI=1S/C26H19N3O/c30-26-23-22(18-10-3-1-4-11-18)21-16-15-17-9-7-8-14-20(17)24(21)27-25(23)28-29(26)19-12-5-2-6-13-19/h1-14H,15-16H2,(H,27,28). The first-order valence-electron chi connectivity index (χ1n) is 10.2. The molecule has 2 heterocycles. The molecule has 6 rings (SSSR count). The number of para-hydroxylation sites is 1. The summed E-state index contributed by atoms with van der Waals surface area (Å²) < 4.78 is 1.60. The van der Waals surface area contributed by atoms with E-state index in [9.17, 15) is 4.79 Å². The molecule has 0 atom stereocenters. The Hall–Kier alpha value is -3.92. The van der Waals surface area contributed by atoms with E-state index < -0.39 is 0 Å². The lowest BCUT2D eigenvalue weighted by Crippen LogP contribution is -2.15. The van der Waals surface area contributed by atoms with E-state index in [4.69, 9.17) is 4.98 Å². The van der Waals surface area contributed by atoms with Gasteiger partial charge in [0, 0.05) is 11.1 Å². The highest BCUT2D eigenvalue weighted by atomic mass is 16.1. The van der Waals surface area contributed by atoms with Gasteiger partial charge in [0.2, 0.25) is 0 Å². The minimum atomic E-state index is -0.0655. The summed E-state index contributed by atoms with van der Waals surface area (Å²) in [6.45, 7) is 0. The number of nitrogens with one attached hydrogen (secondary N) is 1. The monoisotopic (exact) mass is 389 g/mol. The summed E-state index contributed by atoms with van der Waals surface area (Å²) in [6.07, 6.45) is 1.82. The zero-order chi connectivity index (χ0) is 20.1. The minimum Gasteiger partial charge on any atom is -0.274 e. The van der Waals surface area contributed by atoms with E-state index in [1.807, 2.05) is 48.5 Å². The van der Waals surface area contributed by atoms with Crippen molar-refractivity contribution in [3.63, 3.8) is 0 Å². The van der Waals surface area contributed by atoms with Crippen LogP contribution in [0.4, 0.5) is 0 Å². The van der Waals surface area contributed by atoms with Gasteiger partial charge in [-0.2, -0.15) is 0 Å². The molecular formula is C26H19N3O. The molecule has 0 aliphatic heterocycles. The van der Waals surface area contributed by atoms with E-state index in [1.54, 1.807) is 4.68 Å². The summed E-state index contributed by atoms with van der Waals surface area (Å²) >= 11 is 0. The molecule has 144 valence electrons. The van der Waals surface area contributed by atoms with Crippen LogP contribution in [0.5, 0.6) is 0 Å². The van der Waals surface area contributed by atoms with Crippen LogP contribution >= 0.6 is 0 Å². The third-order valence-electron chi connectivity index (χ3n) is 5.93. The number of rotatable bonds is 2. The number of aromatic amines is 1. The van der Waals surface area contributed by atoms with Gasteiger partial charge in [-0.15, -0.1) is 0 Å². The number of fused-ring (bicyclic) bond motifs is 4. The number of aromatic nitrogens is 3. The Kier molecular flexibility index (Phi) is 3.71. The Bertz CT molecular complexity index is 1450. The molecule has 5 aromatic rings. The SMILES string of the molecule is O=c1c2c(-c3ccccc3)c3c(nc2[nH]n1-c1ccccc1)-c1ccccc1CC3. The predicted molar refractivity (Wildman–Crippen MR) is 120 cm³/mol. The molecule has 0 unspecified atom stereocenters. The highest BCUT2D eigenvalue weighted by Crippen LogP contribution is 2.40. The molecule has 0 radical (unpaired) electrons. The number of hydrogen-bond acceptors (Lipinski definition) is 2. The van der Waals surface area contributed by atoms with Crippen LogP contribution in [0.15, 0.2) is 89.7 Å². The smallest absolute Gasteiger partial charge is 0.274 e. The lowest BCUT2D eigenvalue weighted by atomic mass is 9.84. The van der Waals surface area contributed by atoms with Crippen LogP contribution in [0.1, 0.15) is 11.1 Å². The summed E-state index contributed by atoms with van der Waals surface area (Å²) in [4.78, 5) is 18.5. The normalized spacial score (nSPS) is 12.5. The molecule has 0 amide bonds. The van der Waals surface area contributed by atoms with Crippen molar-refractivity contribution in [3.8, 4) is 28.1 Å². The topological polar surface area (TPSA) is 50.7 Å². The van der Waals surface area contributed by atoms with Gasteiger partial charge in [-0.25, -0.2) is 9.67 Å². The number of benzene rings is 3. The van der Waals surface area contributed by atoms with Gasteiger partial charge in [-0.05, 0) is 41.7 Å². The summed E-state index contributed by atoms with van der Waals surface area (Å²) in [5.74, 6) is 0. The van der Waals surface area contributed by atoms with E-state index in [0.717, 1.165) is 46.5 Å². The van der Waals surface area contributed by atoms with Gasteiger partial charge >= 0.3 is 0 Å². The molecule has 1 N–H and O–H groups in total. The Morgan fingerprint density at radius 3 is 2.30 bits per heavy atom. The molecule has 1 aliphatic carbocycles. The molecule has 0 saturated carbocycles. The maximum Gasteiger partial charge on any atom is 0.281 e. The van der Waals surface area contributed by atoms with E-state index >= 15 is 0 Å². The molecule has 2 aromatic heterocycles. The second-order valence-electron chi connectivity index (χ2n) is 7.65. The third kappa shape index (κ3) is 2.47. The molecule has 0 saturated heterocycles. The zero-order valence-electron chi connectivity index (χ0n) is 16.3. The van der Waals surface area contributed by atoms with Crippen molar-refractivity contribution in [1.29, 1.82) is 0 Å². The van der Waals surface area contributed by atoms with Crippen LogP contribution in [0.3, 0.4) is 0 Å². The fourth-order valence-electron chi connectivity index (χ4n) is 4.56. The first kappa shape index (κ1) is 17.0. The minimum absolute atomic E-state index is 0.0655. The highest BCUT2D eigenvalue weighted by Gasteiger charge is 2.26. The van der Waals surface area contributed by atoms with Gasteiger partial charge in [0.25, 0.3) is 5.56 Å². The van der Waals surface area contributed by atoms with Gasteiger partial charge < -0.3 is 0 Å². The Balaban J connectivity index is 1.75. The maximum absolute atomic E-state index is 13.5. The van der Waals surface area contributed by atoms with Gasteiger partial charge in [0.1, 0.15) is 0 Å². The Morgan fingerprint density at radius 1 is 0.800 bits per heavy atom.